The van der Waals surface area contributed by atoms with Crippen LogP contribution >= 0.6 is 11.8 Å². The van der Waals surface area contributed by atoms with Crippen LogP contribution in [-0.2, 0) is 6.42 Å². The van der Waals surface area contributed by atoms with Crippen molar-refractivity contribution in [3.8, 4) is 5.82 Å². The number of aromatic nitrogens is 5. The third kappa shape index (κ3) is 4.14. The monoisotopic (exact) mass is 386 g/mol. The Morgan fingerprint density at radius 2 is 2.15 bits per heavy atom. The van der Waals surface area contributed by atoms with Crippen molar-refractivity contribution in [2.75, 3.05) is 12.0 Å². The van der Waals surface area contributed by atoms with Crippen LogP contribution < -0.4 is 11.2 Å². The summed E-state index contributed by atoms with van der Waals surface area (Å²) in [6, 6.07) is 7.80. The first-order chi connectivity index (χ1) is 13.1. The van der Waals surface area contributed by atoms with Crippen LogP contribution in [0.5, 0.6) is 0 Å². The first kappa shape index (κ1) is 18.6. The van der Waals surface area contributed by atoms with Crippen molar-refractivity contribution < 1.29 is 9.42 Å². The summed E-state index contributed by atoms with van der Waals surface area (Å²) in [5.41, 5.74) is 9.74. The molecule has 0 radical (unpaired) electrons. The molecule has 0 saturated heterocycles. The summed E-state index contributed by atoms with van der Waals surface area (Å²) in [5, 5.41) is 19.1. The molecule has 0 unspecified atom stereocenters. The standard InChI is InChI=1S/C16H18N8O2S/c1-3-4-12-13(19-23-24(12)15-14(17)21-26-22-15)16(25)20-18-9-10-5-7-11(27-2)8-6-10/h5-9H,3-4H2,1-2H3,(H2,17,21)(H,20,25)/b18-9-. The summed E-state index contributed by atoms with van der Waals surface area (Å²) >= 11 is 1.65. The number of nitrogens with one attached hydrogen (secondary N) is 1. The number of nitrogens with two attached hydrogens (primary N) is 1. The first-order valence-corrected chi connectivity index (χ1v) is 9.37. The maximum Gasteiger partial charge on any atom is 0.293 e. The lowest BCUT2D eigenvalue weighted by Gasteiger charge is -2.03. The number of rotatable bonds is 7. The Morgan fingerprint density at radius 1 is 1.37 bits per heavy atom. The molecule has 3 rings (SSSR count). The number of hydrazone groups is 1. The third-order valence-electron chi connectivity index (χ3n) is 3.66. The van der Waals surface area contributed by atoms with Crippen molar-refractivity contribution in [2.24, 2.45) is 5.10 Å². The highest BCUT2D eigenvalue weighted by Gasteiger charge is 2.23. The first-order valence-electron chi connectivity index (χ1n) is 8.14. The summed E-state index contributed by atoms with van der Waals surface area (Å²) in [7, 11) is 0. The number of benzene rings is 1. The number of nitrogen functional groups attached to an aromatic ring is 1. The molecular formula is C16H18N8O2S. The molecule has 0 fully saturated rings. The Hall–Kier alpha value is -3.21. The highest BCUT2D eigenvalue weighted by atomic mass is 32.2. The van der Waals surface area contributed by atoms with E-state index in [4.69, 9.17) is 5.73 Å². The molecule has 2 aromatic heterocycles. The van der Waals surface area contributed by atoms with Crippen LogP contribution in [0, 0.1) is 0 Å². The molecule has 0 bridgehead atoms. The fourth-order valence-electron chi connectivity index (χ4n) is 2.36. The van der Waals surface area contributed by atoms with Gasteiger partial charge in [0.1, 0.15) is 0 Å². The van der Waals surface area contributed by atoms with Crippen molar-refractivity contribution in [2.45, 2.75) is 24.7 Å². The molecule has 0 aliphatic rings. The van der Waals surface area contributed by atoms with Gasteiger partial charge in [-0.2, -0.15) is 9.78 Å². The maximum absolute atomic E-state index is 12.5. The second-order valence-electron chi connectivity index (χ2n) is 5.49. The molecule has 0 spiro atoms. The molecule has 10 nitrogen and oxygen atoms in total. The molecule has 3 N–H and O–H groups in total. The summed E-state index contributed by atoms with van der Waals surface area (Å²) in [4.78, 5) is 13.6. The highest BCUT2D eigenvalue weighted by molar-refractivity contribution is 7.98. The lowest BCUT2D eigenvalue weighted by Crippen LogP contribution is -2.20. The van der Waals surface area contributed by atoms with Gasteiger partial charge in [-0.15, -0.1) is 16.9 Å². The minimum atomic E-state index is -0.475. The molecule has 0 saturated carbocycles. The van der Waals surface area contributed by atoms with E-state index in [1.54, 1.807) is 18.0 Å². The molecule has 0 aliphatic carbocycles. The van der Waals surface area contributed by atoms with Gasteiger partial charge in [-0.3, -0.25) is 4.79 Å². The predicted molar refractivity (Wildman–Crippen MR) is 101 cm³/mol. The molecule has 27 heavy (non-hydrogen) atoms. The smallest absolute Gasteiger partial charge is 0.293 e. The van der Waals surface area contributed by atoms with E-state index in [0.29, 0.717) is 12.1 Å². The minimum absolute atomic E-state index is 0.0657. The van der Waals surface area contributed by atoms with Gasteiger partial charge >= 0.3 is 0 Å². The second-order valence-corrected chi connectivity index (χ2v) is 6.37. The van der Waals surface area contributed by atoms with E-state index in [9.17, 15) is 4.79 Å². The maximum atomic E-state index is 12.5. The van der Waals surface area contributed by atoms with Crippen LogP contribution in [-0.4, -0.2) is 43.7 Å². The van der Waals surface area contributed by atoms with Gasteiger partial charge in [0.2, 0.25) is 11.6 Å². The zero-order chi connectivity index (χ0) is 19.2. The predicted octanol–water partition coefficient (Wildman–Crippen LogP) is 1.67. The van der Waals surface area contributed by atoms with Crippen LogP contribution in [0.25, 0.3) is 5.82 Å². The SMILES string of the molecule is CCCc1c(C(=O)N/N=C\c2ccc(SC)cc2)nnn1-c1nonc1N. The molecule has 0 atom stereocenters. The van der Waals surface area contributed by atoms with Gasteiger partial charge < -0.3 is 5.73 Å². The van der Waals surface area contributed by atoms with Gasteiger partial charge in [0.05, 0.1) is 11.9 Å². The number of nitrogens with zero attached hydrogens (tertiary/aromatic N) is 6. The van der Waals surface area contributed by atoms with Gasteiger partial charge in [0.15, 0.2) is 5.69 Å². The van der Waals surface area contributed by atoms with Crippen LogP contribution in [0.2, 0.25) is 0 Å². The Kier molecular flexibility index (Phi) is 5.81. The van der Waals surface area contributed by atoms with E-state index in [1.165, 1.54) is 4.68 Å². The molecule has 140 valence electrons. The molecule has 3 aromatic rings. The van der Waals surface area contributed by atoms with Crippen molar-refractivity contribution in [1.29, 1.82) is 0 Å². The van der Waals surface area contributed by atoms with Crippen molar-refractivity contribution in [1.82, 2.24) is 30.7 Å². The van der Waals surface area contributed by atoms with Crippen molar-refractivity contribution >= 4 is 29.7 Å². The van der Waals surface area contributed by atoms with Crippen molar-refractivity contribution in [3.05, 3.63) is 41.2 Å². The van der Waals surface area contributed by atoms with Gasteiger partial charge in [-0.1, -0.05) is 30.7 Å². The van der Waals surface area contributed by atoms with Crippen molar-refractivity contribution in [3.63, 3.8) is 0 Å². The molecule has 11 heteroatoms. The van der Waals surface area contributed by atoms with Crippen LogP contribution in [0.4, 0.5) is 5.82 Å². The molecule has 1 amide bonds. The van der Waals surface area contributed by atoms with E-state index < -0.39 is 5.91 Å². The van der Waals surface area contributed by atoms with E-state index in [-0.39, 0.29) is 17.3 Å². The fourth-order valence-corrected chi connectivity index (χ4v) is 2.76. The normalized spacial score (nSPS) is 11.2. The minimum Gasteiger partial charge on any atom is -0.378 e. The number of anilines is 1. The molecule has 1 aromatic carbocycles. The van der Waals surface area contributed by atoms with E-state index in [0.717, 1.165) is 16.9 Å². The number of hydrogen-bond acceptors (Lipinski definition) is 9. The summed E-state index contributed by atoms with van der Waals surface area (Å²) in [6.45, 7) is 1.97. The number of carbonyl (C=O) groups excluding carboxylic acids is 1. The Bertz CT molecular complexity index is 948. The quantitative estimate of drug-likeness (QED) is 0.355. The Balaban J connectivity index is 1.77. The van der Waals surface area contributed by atoms with Gasteiger partial charge in [-0.25, -0.2) is 10.1 Å². The molecule has 0 aliphatic heterocycles. The molecule has 2 heterocycles. The average molecular weight is 386 g/mol. The fraction of sp³-hybridized carbons (Fsp3) is 0.250. The number of hydrogen-bond donors (Lipinski definition) is 2. The van der Waals surface area contributed by atoms with E-state index in [2.05, 4.69) is 35.8 Å². The van der Waals surface area contributed by atoms with Gasteiger partial charge in [0.25, 0.3) is 5.91 Å². The number of carbonyl (C=O) groups is 1. The van der Waals surface area contributed by atoms with Crippen LogP contribution in [0.1, 0.15) is 35.1 Å². The zero-order valence-corrected chi connectivity index (χ0v) is 15.6. The van der Waals surface area contributed by atoms with E-state index in [1.807, 2.05) is 37.4 Å². The largest absolute Gasteiger partial charge is 0.378 e. The summed E-state index contributed by atoms with van der Waals surface area (Å²) < 4.78 is 5.95. The number of thioether (sulfide) groups is 1. The topological polar surface area (TPSA) is 137 Å². The number of amides is 1. The highest BCUT2D eigenvalue weighted by Crippen LogP contribution is 2.17. The summed E-state index contributed by atoms with van der Waals surface area (Å²) in [5.74, 6) is -0.213. The van der Waals surface area contributed by atoms with Gasteiger partial charge in [-0.05, 0) is 40.7 Å². The zero-order valence-electron chi connectivity index (χ0n) is 14.8. The average Bonchev–Trinajstić information content (AvgIpc) is 3.28. The lowest BCUT2D eigenvalue weighted by atomic mass is 10.2. The van der Waals surface area contributed by atoms with Crippen LogP contribution in [0.3, 0.4) is 0 Å². The van der Waals surface area contributed by atoms with Crippen LogP contribution in [0.15, 0.2) is 38.9 Å². The van der Waals surface area contributed by atoms with E-state index >= 15 is 0 Å². The third-order valence-corrected chi connectivity index (χ3v) is 4.40. The molecular weight excluding hydrogens is 368 g/mol. The Morgan fingerprint density at radius 3 is 2.78 bits per heavy atom. The summed E-state index contributed by atoms with van der Waals surface area (Å²) in [6.07, 6.45) is 4.88. The second kappa shape index (κ2) is 8.45. The van der Waals surface area contributed by atoms with Gasteiger partial charge in [0, 0.05) is 4.90 Å². The Labute approximate surface area is 159 Å². The lowest BCUT2D eigenvalue weighted by molar-refractivity contribution is 0.0949.